The summed E-state index contributed by atoms with van der Waals surface area (Å²) in [5.74, 6) is -0.295. The van der Waals surface area contributed by atoms with Crippen LogP contribution >= 0.6 is 0 Å². The predicted molar refractivity (Wildman–Crippen MR) is 37.8 cm³/mol. The molecule has 0 spiro atoms. The molecule has 2 rings (SSSR count). The van der Waals surface area contributed by atoms with E-state index in [0.717, 1.165) is 0 Å². The van der Waals surface area contributed by atoms with Crippen molar-refractivity contribution in [1.82, 2.24) is 5.06 Å². The minimum Gasteiger partial charge on any atom is -0.389 e. The molecule has 2 heterocycles. The maximum Gasteiger partial charge on any atom is 0.327 e. The maximum atomic E-state index is 10.9. The highest BCUT2D eigenvalue weighted by molar-refractivity contribution is 5.71. The van der Waals surface area contributed by atoms with Crippen molar-refractivity contribution in [3.63, 3.8) is 0 Å². The first-order valence-corrected chi connectivity index (χ1v) is 3.97. The Morgan fingerprint density at radius 2 is 2.42 bits per heavy atom. The average Bonchev–Trinajstić information content (AvgIpc) is 2.41. The first kappa shape index (κ1) is 7.97. The maximum absolute atomic E-state index is 10.9. The van der Waals surface area contributed by atoms with Crippen molar-refractivity contribution in [2.45, 2.75) is 31.7 Å². The molecule has 0 aromatic heterocycles. The van der Waals surface area contributed by atoms with Gasteiger partial charge in [-0.25, -0.2) is 0 Å². The van der Waals surface area contributed by atoms with E-state index >= 15 is 0 Å². The highest BCUT2D eigenvalue weighted by atomic mass is 16.8. The predicted octanol–water partition coefficient (Wildman–Crippen LogP) is -0.744. The summed E-state index contributed by atoms with van der Waals surface area (Å²) >= 11 is 0. The second-order valence-corrected chi connectivity index (χ2v) is 3.09. The van der Waals surface area contributed by atoms with E-state index in [2.05, 4.69) is 0 Å². The quantitative estimate of drug-likeness (QED) is 0.522. The zero-order valence-corrected chi connectivity index (χ0v) is 6.77. The number of hydroxylamine groups is 2. The molecule has 68 valence electrons. The summed E-state index contributed by atoms with van der Waals surface area (Å²) in [6.07, 6.45) is -0.605. The van der Waals surface area contributed by atoms with Crippen molar-refractivity contribution < 1.29 is 19.5 Å². The molecule has 1 N–H and O–H groups in total. The number of carbonyl (C=O) groups is 1. The second-order valence-electron chi connectivity index (χ2n) is 3.09. The Balaban J connectivity index is 2.14. The number of aliphatic hydroxyl groups excluding tert-OH is 1. The van der Waals surface area contributed by atoms with Gasteiger partial charge in [-0.3, -0.25) is 4.79 Å². The smallest absolute Gasteiger partial charge is 0.327 e. The molecule has 5 nitrogen and oxygen atoms in total. The number of carbonyl (C=O) groups excluding carboxylic acids is 1. The van der Waals surface area contributed by atoms with Crippen LogP contribution in [0.5, 0.6) is 0 Å². The van der Waals surface area contributed by atoms with E-state index in [4.69, 9.17) is 9.57 Å². The summed E-state index contributed by atoms with van der Waals surface area (Å²) in [6.45, 7) is 2.07. The van der Waals surface area contributed by atoms with Crippen LogP contribution in [-0.2, 0) is 14.4 Å². The zero-order chi connectivity index (χ0) is 8.72. The summed E-state index contributed by atoms with van der Waals surface area (Å²) in [5, 5.41) is 10.8. The molecule has 12 heavy (non-hydrogen) atoms. The van der Waals surface area contributed by atoms with Crippen molar-refractivity contribution in [3.05, 3.63) is 0 Å². The van der Waals surface area contributed by atoms with Crippen molar-refractivity contribution in [3.8, 4) is 0 Å². The molecule has 0 aromatic carbocycles. The summed E-state index contributed by atoms with van der Waals surface area (Å²) in [5.41, 5.74) is 0. The van der Waals surface area contributed by atoms with Crippen LogP contribution in [-0.4, -0.2) is 41.1 Å². The topological polar surface area (TPSA) is 59.0 Å². The summed E-state index contributed by atoms with van der Waals surface area (Å²) in [7, 11) is 0. The normalized spacial score (nSPS) is 42.5. The third-order valence-electron chi connectivity index (χ3n) is 2.22. The molecule has 0 amide bonds. The molecular weight excluding hydrogens is 162 g/mol. The van der Waals surface area contributed by atoms with Crippen LogP contribution in [0.15, 0.2) is 0 Å². The van der Waals surface area contributed by atoms with Crippen molar-refractivity contribution in [1.29, 1.82) is 0 Å². The standard InChI is InChI=1S/C7H11NO4/c1-4-8-5(2-7(10)12-8)6(9)3-11-4/h4-6,9H,2-3H2,1H3/t4-,5?,6+/m0/s1. The molecule has 0 radical (unpaired) electrons. The van der Waals surface area contributed by atoms with E-state index in [-0.39, 0.29) is 31.3 Å². The number of fused-ring (bicyclic) bond motifs is 1. The monoisotopic (exact) mass is 173 g/mol. The Bertz CT molecular complexity index is 188. The Labute approximate surface area is 69.8 Å². The van der Waals surface area contributed by atoms with Gasteiger partial charge in [0.2, 0.25) is 0 Å². The van der Waals surface area contributed by atoms with E-state index in [9.17, 15) is 9.90 Å². The van der Waals surface area contributed by atoms with E-state index in [1.165, 1.54) is 5.06 Å². The zero-order valence-electron chi connectivity index (χ0n) is 6.77. The minimum absolute atomic E-state index is 0.221. The largest absolute Gasteiger partial charge is 0.389 e. The Morgan fingerprint density at radius 1 is 1.67 bits per heavy atom. The molecule has 0 aromatic rings. The molecule has 5 heteroatoms. The molecule has 2 aliphatic heterocycles. The first-order chi connectivity index (χ1) is 5.68. The molecule has 3 atom stereocenters. The fourth-order valence-electron chi connectivity index (χ4n) is 1.56. The lowest BCUT2D eigenvalue weighted by Crippen LogP contribution is -2.51. The van der Waals surface area contributed by atoms with Crippen molar-refractivity contribution >= 4 is 5.97 Å². The number of aliphatic hydroxyl groups is 1. The highest BCUT2D eigenvalue weighted by Crippen LogP contribution is 2.26. The molecule has 2 aliphatic rings. The first-order valence-electron chi connectivity index (χ1n) is 3.97. The van der Waals surface area contributed by atoms with E-state index in [1.54, 1.807) is 6.92 Å². The van der Waals surface area contributed by atoms with Gasteiger partial charge in [-0.15, -0.1) is 5.06 Å². The molecule has 0 saturated carbocycles. The number of rotatable bonds is 0. The summed E-state index contributed by atoms with van der Waals surface area (Å²) < 4.78 is 5.15. The van der Waals surface area contributed by atoms with Gasteiger partial charge < -0.3 is 14.7 Å². The van der Waals surface area contributed by atoms with Gasteiger partial charge in [0.05, 0.1) is 25.2 Å². The van der Waals surface area contributed by atoms with Gasteiger partial charge in [-0.1, -0.05) is 0 Å². The molecule has 2 saturated heterocycles. The van der Waals surface area contributed by atoms with Gasteiger partial charge >= 0.3 is 5.97 Å². The number of nitrogens with zero attached hydrogens (tertiary/aromatic N) is 1. The SMILES string of the molecule is C[C@@H]1OC[C@@H](O)C2CC(=O)ON21. The third-order valence-corrected chi connectivity index (χ3v) is 2.22. The van der Waals surface area contributed by atoms with Crippen molar-refractivity contribution in [2.75, 3.05) is 6.61 Å². The second kappa shape index (κ2) is 2.69. The van der Waals surface area contributed by atoms with E-state index in [1.807, 2.05) is 0 Å². The van der Waals surface area contributed by atoms with Crippen LogP contribution in [0, 0.1) is 0 Å². The lowest BCUT2D eigenvalue weighted by molar-refractivity contribution is -0.271. The minimum atomic E-state index is -0.618. The summed E-state index contributed by atoms with van der Waals surface area (Å²) in [6, 6.07) is -0.221. The number of hydrogen-bond donors (Lipinski definition) is 1. The van der Waals surface area contributed by atoms with Crippen LogP contribution in [0.1, 0.15) is 13.3 Å². The van der Waals surface area contributed by atoms with Crippen LogP contribution in [0.3, 0.4) is 0 Å². The fourth-order valence-corrected chi connectivity index (χ4v) is 1.56. The van der Waals surface area contributed by atoms with Gasteiger partial charge in [0, 0.05) is 0 Å². The lowest BCUT2D eigenvalue weighted by Gasteiger charge is -2.35. The average molecular weight is 173 g/mol. The van der Waals surface area contributed by atoms with E-state index in [0.29, 0.717) is 0 Å². The summed E-state index contributed by atoms with van der Waals surface area (Å²) in [4.78, 5) is 15.7. The van der Waals surface area contributed by atoms with Crippen LogP contribution in [0.2, 0.25) is 0 Å². The van der Waals surface area contributed by atoms with Crippen LogP contribution < -0.4 is 0 Å². The molecule has 0 bridgehead atoms. The van der Waals surface area contributed by atoms with Gasteiger partial charge in [0.15, 0.2) is 0 Å². The van der Waals surface area contributed by atoms with Gasteiger partial charge in [-0.2, -0.15) is 0 Å². The van der Waals surface area contributed by atoms with E-state index < -0.39 is 6.10 Å². The number of hydrogen-bond acceptors (Lipinski definition) is 5. The van der Waals surface area contributed by atoms with Gasteiger partial charge in [0.1, 0.15) is 6.23 Å². The van der Waals surface area contributed by atoms with Gasteiger partial charge in [0.25, 0.3) is 0 Å². The van der Waals surface area contributed by atoms with Crippen LogP contribution in [0.25, 0.3) is 0 Å². The number of ether oxygens (including phenoxy) is 1. The molecule has 1 unspecified atom stereocenters. The molecular formula is C7H11NO4. The Hall–Kier alpha value is -0.650. The molecule has 0 aliphatic carbocycles. The van der Waals surface area contributed by atoms with Gasteiger partial charge in [-0.05, 0) is 6.92 Å². The third kappa shape index (κ3) is 1.10. The highest BCUT2D eigenvalue weighted by Gasteiger charge is 2.44. The molecule has 2 fully saturated rings. The van der Waals surface area contributed by atoms with Crippen LogP contribution in [0.4, 0.5) is 0 Å². The fraction of sp³-hybridized carbons (Fsp3) is 0.857. The van der Waals surface area contributed by atoms with Crippen molar-refractivity contribution in [2.24, 2.45) is 0 Å². The Kier molecular flexibility index (Phi) is 1.79. The Morgan fingerprint density at radius 3 is 3.08 bits per heavy atom. The lowest BCUT2D eigenvalue weighted by atomic mass is 10.1.